The van der Waals surface area contributed by atoms with E-state index in [0.29, 0.717) is 0 Å². The average Bonchev–Trinajstić information content (AvgIpc) is 2.16. The van der Waals surface area contributed by atoms with Gasteiger partial charge in [0.05, 0.1) is 0 Å². The van der Waals surface area contributed by atoms with Gasteiger partial charge in [-0.3, -0.25) is 11.3 Å². The summed E-state index contributed by atoms with van der Waals surface area (Å²) in [5, 5.41) is 0. The highest BCUT2D eigenvalue weighted by atomic mass is 79.9. The molecule has 1 unspecified atom stereocenters. The van der Waals surface area contributed by atoms with Crippen molar-refractivity contribution in [2.45, 2.75) is 25.8 Å². The van der Waals surface area contributed by atoms with Crippen molar-refractivity contribution in [1.82, 2.24) is 5.43 Å². The van der Waals surface area contributed by atoms with Gasteiger partial charge in [-0.1, -0.05) is 41.4 Å². The summed E-state index contributed by atoms with van der Waals surface area (Å²) in [6, 6.07) is 8.53. The van der Waals surface area contributed by atoms with Gasteiger partial charge >= 0.3 is 0 Å². The van der Waals surface area contributed by atoms with Crippen molar-refractivity contribution in [1.29, 1.82) is 0 Å². The molecule has 0 heterocycles. The fraction of sp³-hybridized carbons (Fsp3) is 0.400. The van der Waals surface area contributed by atoms with Crippen LogP contribution in [-0.2, 0) is 0 Å². The van der Waals surface area contributed by atoms with E-state index in [2.05, 4.69) is 40.4 Å². The Morgan fingerprint density at radius 2 is 2.00 bits per heavy atom. The number of halogens is 1. The van der Waals surface area contributed by atoms with E-state index in [0.717, 1.165) is 17.3 Å². The van der Waals surface area contributed by atoms with Crippen LogP contribution in [0.3, 0.4) is 0 Å². The normalized spacial score (nSPS) is 12.8. The second-order valence-corrected chi connectivity index (χ2v) is 3.98. The summed E-state index contributed by atoms with van der Waals surface area (Å²) in [5.41, 5.74) is 4.07. The van der Waals surface area contributed by atoms with Gasteiger partial charge in [0.1, 0.15) is 0 Å². The van der Waals surface area contributed by atoms with Crippen molar-refractivity contribution in [3.63, 3.8) is 0 Å². The molecule has 0 saturated heterocycles. The van der Waals surface area contributed by atoms with Gasteiger partial charge < -0.3 is 0 Å². The van der Waals surface area contributed by atoms with Crippen LogP contribution < -0.4 is 11.3 Å². The van der Waals surface area contributed by atoms with Crippen LogP contribution in [0.2, 0.25) is 0 Å². The molecule has 0 saturated carbocycles. The molecular weight excluding hydrogens is 228 g/mol. The minimum absolute atomic E-state index is 0.276. The zero-order valence-corrected chi connectivity index (χ0v) is 9.34. The lowest BCUT2D eigenvalue weighted by atomic mass is 10.0. The van der Waals surface area contributed by atoms with Gasteiger partial charge in [-0.25, -0.2) is 0 Å². The molecule has 0 aliphatic carbocycles. The third kappa shape index (κ3) is 3.10. The number of rotatable bonds is 4. The van der Waals surface area contributed by atoms with E-state index in [1.807, 2.05) is 12.1 Å². The molecule has 0 spiro atoms. The lowest BCUT2D eigenvalue weighted by Gasteiger charge is -2.14. The summed E-state index contributed by atoms with van der Waals surface area (Å²) in [6.45, 7) is 2.16. The molecule has 0 radical (unpaired) electrons. The van der Waals surface area contributed by atoms with Gasteiger partial charge in [0.25, 0.3) is 0 Å². The molecule has 13 heavy (non-hydrogen) atoms. The van der Waals surface area contributed by atoms with Gasteiger partial charge in [-0.15, -0.1) is 0 Å². The zero-order valence-electron chi connectivity index (χ0n) is 7.76. The predicted octanol–water partition coefficient (Wildman–Crippen LogP) is 2.75. The maximum absolute atomic E-state index is 5.47. The lowest BCUT2D eigenvalue weighted by molar-refractivity contribution is 0.510. The average molecular weight is 243 g/mol. The molecule has 2 nitrogen and oxygen atoms in total. The highest BCUT2D eigenvalue weighted by Gasteiger charge is 2.06. The first-order valence-corrected chi connectivity index (χ1v) is 5.28. The first-order valence-electron chi connectivity index (χ1n) is 4.49. The maximum atomic E-state index is 5.47. The van der Waals surface area contributed by atoms with E-state index in [1.165, 1.54) is 5.56 Å². The van der Waals surface area contributed by atoms with Gasteiger partial charge in [0.15, 0.2) is 0 Å². The third-order valence-corrected chi connectivity index (χ3v) is 2.58. The maximum Gasteiger partial charge on any atom is 0.0459 e. The smallest absolute Gasteiger partial charge is 0.0459 e. The Labute approximate surface area is 87.6 Å². The second kappa shape index (κ2) is 5.37. The molecule has 3 N–H and O–H groups in total. The highest BCUT2D eigenvalue weighted by Crippen LogP contribution is 2.19. The van der Waals surface area contributed by atoms with Gasteiger partial charge in [0.2, 0.25) is 0 Å². The SMILES string of the molecule is CCCC(NN)c1ccc(Br)cc1. The van der Waals surface area contributed by atoms with Crippen molar-refractivity contribution < 1.29 is 0 Å². The fourth-order valence-corrected chi connectivity index (χ4v) is 1.59. The highest BCUT2D eigenvalue weighted by molar-refractivity contribution is 9.10. The molecule has 1 rings (SSSR count). The minimum Gasteiger partial charge on any atom is -0.271 e. The largest absolute Gasteiger partial charge is 0.271 e. The monoisotopic (exact) mass is 242 g/mol. The second-order valence-electron chi connectivity index (χ2n) is 3.06. The van der Waals surface area contributed by atoms with Crippen LogP contribution in [0.5, 0.6) is 0 Å². The van der Waals surface area contributed by atoms with Crippen LogP contribution in [0.1, 0.15) is 31.4 Å². The molecule has 1 aromatic rings. The van der Waals surface area contributed by atoms with Crippen LogP contribution in [0, 0.1) is 0 Å². The van der Waals surface area contributed by atoms with E-state index in [9.17, 15) is 0 Å². The van der Waals surface area contributed by atoms with Crippen LogP contribution in [-0.4, -0.2) is 0 Å². The molecule has 0 amide bonds. The van der Waals surface area contributed by atoms with Crippen molar-refractivity contribution >= 4 is 15.9 Å². The van der Waals surface area contributed by atoms with E-state index in [-0.39, 0.29) is 6.04 Å². The fourth-order valence-electron chi connectivity index (χ4n) is 1.33. The van der Waals surface area contributed by atoms with Crippen LogP contribution in [0.25, 0.3) is 0 Å². The van der Waals surface area contributed by atoms with Crippen LogP contribution in [0.15, 0.2) is 28.7 Å². The Hall–Kier alpha value is -0.380. The van der Waals surface area contributed by atoms with E-state index >= 15 is 0 Å². The number of hydrogen-bond donors (Lipinski definition) is 2. The van der Waals surface area contributed by atoms with Crippen molar-refractivity contribution in [2.24, 2.45) is 5.84 Å². The molecule has 1 aromatic carbocycles. The molecule has 3 heteroatoms. The summed E-state index contributed by atoms with van der Waals surface area (Å²) in [4.78, 5) is 0. The summed E-state index contributed by atoms with van der Waals surface area (Å²) in [6.07, 6.45) is 2.20. The molecule has 1 atom stereocenters. The van der Waals surface area contributed by atoms with Gasteiger partial charge in [-0.2, -0.15) is 0 Å². The number of hydrazine groups is 1. The van der Waals surface area contributed by atoms with Gasteiger partial charge in [0, 0.05) is 10.5 Å². The summed E-state index contributed by atoms with van der Waals surface area (Å²) in [5.74, 6) is 5.47. The number of nitrogens with one attached hydrogen (secondary N) is 1. The molecule has 0 aliphatic rings. The summed E-state index contributed by atoms with van der Waals surface area (Å²) < 4.78 is 1.10. The van der Waals surface area contributed by atoms with Crippen molar-refractivity contribution in [2.75, 3.05) is 0 Å². The quantitative estimate of drug-likeness (QED) is 0.630. The first kappa shape index (κ1) is 10.7. The Balaban J connectivity index is 2.73. The number of benzene rings is 1. The summed E-state index contributed by atoms with van der Waals surface area (Å²) in [7, 11) is 0. The van der Waals surface area contributed by atoms with Crippen LogP contribution in [0.4, 0.5) is 0 Å². The standard InChI is InChI=1S/C10H15BrN2/c1-2-3-10(13-12)8-4-6-9(11)7-5-8/h4-7,10,13H,2-3,12H2,1H3. The Morgan fingerprint density at radius 3 is 2.46 bits per heavy atom. The molecule has 0 fully saturated rings. The molecule has 0 aromatic heterocycles. The Kier molecular flexibility index (Phi) is 4.42. The molecule has 72 valence electrons. The van der Waals surface area contributed by atoms with E-state index in [4.69, 9.17) is 5.84 Å². The van der Waals surface area contributed by atoms with Crippen molar-refractivity contribution in [3.05, 3.63) is 34.3 Å². The zero-order chi connectivity index (χ0) is 9.68. The van der Waals surface area contributed by atoms with Gasteiger partial charge in [-0.05, 0) is 24.1 Å². The minimum atomic E-state index is 0.276. The molecule has 0 aliphatic heterocycles. The summed E-state index contributed by atoms with van der Waals surface area (Å²) >= 11 is 3.40. The number of nitrogens with two attached hydrogens (primary N) is 1. The lowest BCUT2D eigenvalue weighted by Crippen LogP contribution is -2.27. The Morgan fingerprint density at radius 1 is 1.38 bits per heavy atom. The van der Waals surface area contributed by atoms with E-state index in [1.54, 1.807) is 0 Å². The van der Waals surface area contributed by atoms with Crippen molar-refractivity contribution in [3.8, 4) is 0 Å². The van der Waals surface area contributed by atoms with E-state index < -0.39 is 0 Å². The third-order valence-electron chi connectivity index (χ3n) is 2.05. The molecular formula is C10H15BrN2. The topological polar surface area (TPSA) is 38.0 Å². The Bertz CT molecular complexity index is 246. The molecule has 0 bridgehead atoms. The first-order chi connectivity index (χ1) is 6.27. The predicted molar refractivity (Wildman–Crippen MR) is 59.1 cm³/mol. The number of hydrogen-bond acceptors (Lipinski definition) is 2. The van der Waals surface area contributed by atoms with Crippen LogP contribution >= 0.6 is 15.9 Å².